The first kappa shape index (κ1) is 13.1. The molecule has 1 aliphatic rings. The van der Waals surface area contributed by atoms with Crippen LogP contribution in [0, 0.1) is 6.92 Å². The quantitative estimate of drug-likeness (QED) is 0.930. The Balaban J connectivity index is 1.73. The standard InChI is InChI=1S/C16H19N3O/c1-12-4-2-3-5-15(12)16-18-10-14(11-19-16)20-13-6-8-17-9-7-13/h2-5,10-11,13,17H,6-9H2,1H3. The summed E-state index contributed by atoms with van der Waals surface area (Å²) >= 11 is 0. The number of benzene rings is 1. The van der Waals surface area contributed by atoms with E-state index in [1.54, 1.807) is 12.4 Å². The summed E-state index contributed by atoms with van der Waals surface area (Å²) < 4.78 is 5.91. The van der Waals surface area contributed by atoms with E-state index >= 15 is 0 Å². The number of nitrogens with zero attached hydrogens (tertiary/aromatic N) is 2. The van der Waals surface area contributed by atoms with Gasteiger partial charge >= 0.3 is 0 Å². The number of hydrogen-bond acceptors (Lipinski definition) is 4. The number of nitrogens with one attached hydrogen (secondary N) is 1. The average Bonchev–Trinajstić information content (AvgIpc) is 2.50. The second-order valence-electron chi connectivity index (χ2n) is 5.12. The highest BCUT2D eigenvalue weighted by atomic mass is 16.5. The predicted molar refractivity (Wildman–Crippen MR) is 78.7 cm³/mol. The molecule has 1 aromatic carbocycles. The van der Waals surface area contributed by atoms with Crippen LogP contribution in [0.3, 0.4) is 0 Å². The Kier molecular flexibility index (Phi) is 3.92. The molecule has 3 rings (SSSR count). The van der Waals surface area contributed by atoms with Gasteiger partial charge in [-0.25, -0.2) is 9.97 Å². The van der Waals surface area contributed by atoms with E-state index in [0.29, 0.717) is 0 Å². The molecule has 104 valence electrons. The fraction of sp³-hybridized carbons (Fsp3) is 0.375. The fourth-order valence-corrected chi connectivity index (χ4v) is 2.45. The molecule has 2 aromatic rings. The molecule has 20 heavy (non-hydrogen) atoms. The maximum Gasteiger partial charge on any atom is 0.159 e. The first-order valence-corrected chi connectivity index (χ1v) is 7.08. The van der Waals surface area contributed by atoms with Crippen LogP contribution in [0.4, 0.5) is 0 Å². The summed E-state index contributed by atoms with van der Waals surface area (Å²) in [6.45, 7) is 4.11. The molecule has 1 aromatic heterocycles. The SMILES string of the molecule is Cc1ccccc1-c1ncc(OC2CCNCC2)cn1. The predicted octanol–water partition coefficient (Wildman–Crippen LogP) is 2.58. The molecule has 0 saturated carbocycles. The zero-order valence-electron chi connectivity index (χ0n) is 11.7. The van der Waals surface area contributed by atoms with Crippen LogP contribution in [-0.2, 0) is 0 Å². The van der Waals surface area contributed by atoms with Gasteiger partial charge in [0, 0.05) is 5.56 Å². The van der Waals surface area contributed by atoms with E-state index in [0.717, 1.165) is 43.1 Å². The van der Waals surface area contributed by atoms with Crippen LogP contribution in [-0.4, -0.2) is 29.2 Å². The summed E-state index contributed by atoms with van der Waals surface area (Å²) in [5.41, 5.74) is 2.25. The van der Waals surface area contributed by atoms with Crippen molar-refractivity contribution in [1.82, 2.24) is 15.3 Å². The van der Waals surface area contributed by atoms with Crippen LogP contribution in [0.2, 0.25) is 0 Å². The van der Waals surface area contributed by atoms with E-state index < -0.39 is 0 Å². The number of aromatic nitrogens is 2. The van der Waals surface area contributed by atoms with Gasteiger partial charge in [-0.1, -0.05) is 24.3 Å². The highest BCUT2D eigenvalue weighted by Crippen LogP contribution is 2.21. The molecule has 1 aliphatic heterocycles. The minimum atomic E-state index is 0.282. The Morgan fingerprint density at radius 3 is 2.50 bits per heavy atom. The van der Waals surface area contributed by atoms with Crippen LogP contribution in [0.25, 0.3) is 11.4 Å². The lowest BCUT2D eigenvalue weighted by Crippen LogP contribution is -2.34. The van der Waals surface area contributed by atoms with Crippen molar-refractivity contribution in [3.8, 4) is 17.1 Å². The third kappa shape index (κ3) is 2.96. The van der Waals surface area contributed by atoms with Crippen molar-refractivity contribution in [2.75, 3.05) is 13.1 Å². The highest BCUT2D eigenvalue weighted by Gasteiger charge is 2.14. The smallest absolute Gasteiger partial charge is 0.159 e. The molecule has 0 unspecified atom stereocenters. The number of piperidine rings is 1. The van der Waals surface area contributed by atoms with Gasteiger partial charge in [-0.05, 0) is 38.4 Å². The van der Waals surface area contributed by atoms with E-state index in [1.807, 2.05) is 18.2 Å². The molecule has 0 aliphatic carbocycles. The average molecular weight is 269 g/mol. The van der Waals surface area contributed by atoms with Gasteiger partial charge < -0.3 is 10.1 Å². The van der Waals surface area contributed by atoms with Gasteiger partial charge in [-0.3, -0.25) is 0 Å². The van der Waals surface area contributed by atoms with Crippen LogP contribution in [0.5, 0.6) is 5.75 Å². The van der Waals surface area contributed by atoms with E-state index in [4.69, 9.17) is 4.74 Å². The third-order valence-electron chi connectivity index (χ3n) is 3.60. The van der Waals surface area contributed by atoms with Crippen molar-refractivity contribution < 1.29 is 4.74 Å². The van der Waals surface area contributed by atoms with Crippen molar-refractivity contribution in [3.63, 3.8) is 0 Å². The van der Waals surface area contributed by atoms with Crippen LogP contribution in [0.1, 0.15) is 18.4 Å². The molecule has 0 bridgehead atoms. The minimum Gasteiger partial charge on any atom is -0.487 e. The molecule has 1 N–H and O–H groups in total. The van der Waals surface area contributed by atoms with Gasteiger partial charge in [-0.2, -0.15) is 0 Å². The highest BCUT2D eigenvalue weighted by molar-refractivity contribution is 5.59. The summed E-state index contributed by atoms with van der Waals surface area (Å²) in [5, 5.41) is 3.33. The normalized spacial score (nSPS) is 16.1. The van der Waals surface area contributed by atoms with Gasteiger partial charge in [-0.15, -0.1) is 0 Å². The topological polar surface area (TPSA) is 47.0 Å². The van der Waals surface area contributed by atoms with Crippen molar-refractivity contribution in [2.24, 2.45) is 0 Å². The molecule has 1 saturated heterocycles. The van der Waals surface area contributed by atoms with Gasteiger partial charge in [0.05, 0.1) is 12.4 Å². The zero-order chi connectivity index (χ0) is 13.8. The first-order valence-electron chi connectivity index (χ1n) is 7.08. The van der Waals surface area contributed by atoms with Crippen molar-refractivity contribution >= 4 is 0 Å². The molecule has 1 fully saturated rings. The number of rotatable bonds is 3. The van der Waals surface area contributed by atoms with E-state index in [-0.39, 0.29) is 6.10 Å². The lowest BCUT2D eigenvalue weighted by atomic mass is 10.1. The fourth-order valence-electron chi connectivity index (χ4n) is 2.45. The minimum absolute atomic E-state index is 0.282. The van der Waals surface area contributed by atoms with Crippen LogP contribution >= 0.6 is 0 Å². The molecular weight excluding hydrogens is 250 g/mol. The Morgan fingerprint density at radius 1 is 1.10 bits per heavy atom. The van der Waals surface area contributed by atoms with Gasteiger partial charge in [0.2, 0.25) is 0 Å². The lowest BCUT2D eigenvalue weighted by molar-refractivity contribution is 0.161. The Hall–Kier alpha value is -1.94. The first-order chi connectivity index (χ1) is 9.83. The maximum atomic E-state index is 5.91. The molecule has 0 amide bonds. The van der Waals surface area contributed by atoms with Crippen molar-refractivity contribution in [1.29, 1.82) is 0 Å². The van der Waals surface area contributed by atoms with E-state index in [9.17, 15) is 0 Å². The Bertz CT molecular complexity index is 562. The maximum absolute atomic E-state index is 5.91. The number of hydrogen-bond donors (Lipinski definition) is 1. The molecular formula is C16H19N3O. The van der Waals surface area contributed by atoms with Crippen LogP contribution in [0.15, 0.2) is 36.7 Å². The summed E-state index contributed by atoms with van der Waals surface area (Å²) in [6, 6.07) is 8.13. The van der Waals surface area contributed by atoms with Gasteiger partial charge in [0.1, 0.15) is 6.10 Å². The summed E-state index contributed by atoms with van der Waals surface area (Å²) in [4.78, 5) is 8.85. The molecule has 0 radical (unpaired) electrons. The molecule has 2 heterocycles. The largest absolute Gasteiger partial charge is 0.487 e. The second kappa shape index (κ2) is 6.01. The van der Waals surface area contributed by atoms with E-state index in [1.165, 1.54) is 5.56 Å². The monoisotopic (exact) mass is 269 g/mol. The second-order valence-corrected chi connectivity index (χ2v) is 5.12. The Labute approximate surface area is 119 Å². The summed E-state index contributed by atoms with van der Waals surface area (Å²) in [6.07, 6.45) is 5.91. The summed E-state index contributed by atoms with van der Waals surface area (Å²) in [5.74, 6) is 1.51. The van der Waals surface area contributed by atoms with Crippen molar-refractivity contribution in [3.05, 3.63) is 42.2 Å². The molecule has 0 atom stereocenters. The van der Waals surface area contributed by atoms with Crippen molar-refractivity contribution in [2.45, 2.75) is 25.9 Å². The Morgan fingerprint density at radius 2 is 1.80 bits per heavy atom. The van der Waals surface area contributed by atoms with Gasteiger partial charge in [0.25, 0.3) is 0 Å². The zero-order valence-corrected chi connectivity index (χ0v) is 11.7. The third-order valence-corrected chi connectivity index (χ3v) is 3.60. The molecule has 0 spiro atoms. The molecule has 4 nitrogen and oxygen atoms in total. The summed E-state index contributed by atoms with van der Waals surface area (Å²) in [7, 11) is 0. The van der Waals surface area contributed by atoms with Gasteiger partial charge in [0.15, 0.2) is 11.6 Å². The molecule has 4 heteroatoms. The lowest BCUT2D eigenvalue weighted by Gasteiger charge is -2.23. The number of ether oxygens (including phenoxy) is 1. The van der Waals surface area contributed by atoms with E-state index in [2.05, 4.69) is 28.3 Å². The van der Waals surface area contributed by atoms with Crippen LogP contribution < -0.4 is 10.1 Å². The number of aryl methyl sites for hydroxylation is 1.